The Hall–Kier alpha value is -1.10. The summed E-state index contributed by atoms with van der Waals surface area (Å²) in [5.74, 6) is -3.36. The van der Waals surface area contributed by atoms with Crippen molar-refractivity contribution in [3.63, 3.8) is 0 Å². The van der Waals surface area contributed by atoms with E-state index in [0.717, 1.165) is 0 Å². The molecule has 0 aromatic heterocycles. The highest BCUT2D eigenvalue weighted by Crippen LogP contribution is 2.31. The van der Waals surface area contributed by atoms with E-state index < -0.39 is 23.4 Å². The lowest BCUT2D eigenvalue weighted by molar-refractivity contribution is -0.314. The number of hydrogen-bond donors (Lipinski definition) is 1. The average Bonchev–Trinajstić information content (AvgIpc) is 2.33. The number of carboxylic acid groups (broad SMARTS) is 2. The van der Waals surface area contributed by atoms with Gasteiger partial charge in [-0.05, 0) is 19.3 Å². The molecule has 0 amide bonds. The zero-order valence-electron chi connectivity index (χ0n) is 6.41. The minimum Gasteiger partial charge on any atom is -0.550 e. The highest BCUT2D eigenvalue weighted by Gasteiger charge is 2.37. The van der Waals surface area contributed by atoms with Gasteiger partial charge >= 0.3 is 0 Å². The molecule has 0 bridgehead atoms. The summed E-state index contributed by atoms with van der Waals surface area (Å²) in [6, 6.07) is 0. The standard InChI is InChI=1S/C7H11NO4/c8-7(6(11)12)2-1-4(3-7)5(9)10/h4H,1-3,8H2,(H,9,10)(H,11,12)/p-2/t4-,7+/m1/s1. The minimum atomic E-state index is -1.47. The SMILES string of the molecule is N[C@@]1(C(=O)[O-])CC[C@@H](C(=O)[O-])C1. The Kier molecular flexibility index (Phi) is 2.06. The quantitative estimate of drug-likeness (QED) is 0.476. The molecule has 0 aliphatic heterocycles. The van der Waals surface area contributed by atoms with Crippen LogP contribution in [-0.4, -0.2) is 17.5 Å². The molecule has 0 unspecified atom stereocenters. The highest BCUT2D eigenvalue weighted by atomic mass is 16.4. The first kappa shape index (κ1) is 8.99. The molecule has 2 atom stereocenters. The molecule has 2 N–H and O–H groups in total. The van der Waals surface area contributed by atoms with Gasteiger partial charge in [-0.15, -0.1) is 0 Å². The van der Waals surface area contributed by atoms with Crippen molar-refractivity contribution in [2.75, 3.05) is 0 Å². The van der Waals surface area contributed by atoms with Gasteiger partial charge in [0.15, 0.2) is 0 Å². The number of rotatable bonds is 2. The number of carboxylic acids is 2. The average molecular weight is 171 g/mol. The third-order valence-electron chi connectivity index (χ3n) is 2.29. The fraction of sp³-hybridized carbons (Fsp3) is 0.714. The maximum absolute atomic E-state index is 10.4. The van der Waals surface area contributed by atoms with Crippen molar-refractivity contribution in [2.45, 2.75) is 24.8 Å². The van der Waals surface area contributed by atoms with Gasteiger partial charge in [-0.25, -0.2) is 0 Å². The van der Waals surface area contributed by atoms with Gasteiger partial charge in [-0.1, -0.05) is 0 Å². The van der Waals surface area contributed by atoms with Crippen molar-refractivity contribution in [2.24, 2.45) is 11.7 Å². The van der Waals surface area contributed by atoms with Crippen LogP contribution in [0.25, 0.3) is 0 Å². The van der Waals surface area contributed by atoms with Gasteiger partial charge in [0.05, 0.1) is 11.5 Å². The monoisotopic (exact) mass is 171 g/mol. The molecule has 1 fully saturated rings. The van der Waals surface area contributed by atoms with E-state index in [0.29, 0.717) is 0 Å². The van der Waals surface area contributed by atoms with E-state index in [4.69, 9.17) is 5.73 Å². The zero-order chi connectivity index (χ0) is 9.35. The van der Waals surface area contributed by atoms with Gasteiger partial charge < -0.3 is 25.5 Å². The second-order valence-corrected chi connectivity index (χ2v) is 3.20. The minimum absolute atomic E-state index is 0.0856. The Labute approximate surface area is 69.2 Å². The number of carbonyl (C=O) groups excluding carboxylic acids is 2. The molecule has 0 aromatic carbocycles. The van der Waals surface area contributed by atoms with E-state index in [2.05, 4.69) is 0 Å². The predicted molar refractivity (Wildman–Crippen MR) is 34.3 cm³/mol. The molecule has 0 saturated heterocycles. The van der Waals surface area contributed by atoms with Gasteiger partial charge in [0, 0.05) is 11.9 Å². The maximum atomic E-state index is 10.4. The van der Waals surface area contributed by atoms with E-state index in [-0.39, 0.29) is 19.3 Å². The first-order chi connectivity index (χ1) is 5.46. The second kappa shape index (κ2) is 2.75. The number of nitrogens with two attached hydrogens (primary N) is 1. The predicted octanol–water partition coefficient (Wildman–Crippen LogP) is -3.02. The Balaban J connectivity index is 2.67. The molecular formula is C7H9NO4-2. The molecule has 0 aromatic rings. The van der Waals surface area contributed by atoms with E-state index in [1.807, 2.05) is 0 Å². The van der Waals surface area contributed by atoms with Crippen molar-refractivity contribution >= 4 is 11.9 Å². The lowest BCUT2D eigenvalue weighted by Gasteiger charge is -2.25. The first-order valence-electron chi connectivity index (χ1n) is 3.67. The normalized spacial score (nSPS) is 34.9. The van der Waals surface area contributed by atoms with Gasteiger partial charge in [0.1, 0.15) is 0 Å². The third-order valence-corrected chi connectivity index (χ3v) is 2.29. The summed E-state index contributed by atoms with van der Waals surface area (Å²) in [7, 11) is 0. The van der Waals surface area contributed by atoms with Crippen LogP contribution >= 0.6 is 0 Å². The number of hydrogen-bond acceptors (Lipinski definition) is 5. The van der Waals surface area contributed by atoms with Crippen molar-refractivity contribution in [3.8, 4) is 0 Å². The Morgan fingerprint density at radius 3 is 2.25 bits per heavy atom. The van der Waals surface area contributed by atoms with Crippen LogP contribution in [0.5, 0.6) is 0 Å². The zero-order valence-corrected chi connectivity index (χ0v) is 6.41. The maximum Gasteiger partial charge on any atom is 0.0613 e. The van der Waals surface area contributed by atoms with Crippen molar-refractivity contribution < 1.29 is 19.8 Å². The summed E-state index contributed by atoms with van der Waals surface area (Å²) in [4.78, 5) is 20.8. The number of aliphatic carboxylic acids is 2. The van der Waals surface area contributed by atoms with Crippen LogP contribution in [0.1, 0.15) is 19.3 Å². The molecule has 0 spiro atoms. The van der Waals surface area contributed by atoms with Gasteiger partial charge in [0.25, 0.3) is 0 Å². The lowest BCUT2D eigenvalue weighted by Crippen LogP contribution is -2.54. The largest absolute Gasteiger partial charge is 0.550 e. The Morgan fingerprint density at radius 2 is 2.00 bits per heavy atom. The van der Waals surface area contributed by atoms with Gasteiger partial charge in [-0.2, -0.15) is 0 Å². The summed E-state index contributed by atoms with van der Waals surface area (Å²) in [6.07, 6.45) is 0.318. The van der Waals surface area contributed by atoms with Crippen molar-refractivity contribution in [3.05, 3.63) is 0 Å². The topological polar surface area (TPSA) is 106 Å². The van der Waals surface area contributed by atoms with E-state index in [1.54, 1.807) is 0 Å². The summed E-state index contributed by atoms with van der Waals surface area (Å²) in [6.45, 7) is 0. The molecule has 0 radical (unpaired) electrons. The highest BCUT2D eigenvalue weighted by molar-refractivity contribution is 5.79. The molecule has 5 heteroatoms. The Bertz CT molecular complexity index is 227. The van der Waals surface area contributed by atoms with Crippen LogP contribution < -0.4 is 15.9 Å². The van der Waals surface area contributed by atoms with E-state index >= 15 is 0 Å². The fourth-order valence-corrected chi connectivity index (χ4v) is 1.46. The molecule has 12 heavy (non-hydrogen) atoms. The van der Waals surface area contributed by atoms with Crippen molar-refractivity contribution in [1.29, 1.82) is 0 Å². The molecule has 1 aliphatic rings. The van der Waals surface area contributed by atoms with Crippen LogP contribution in [0, 0.1) is 5.92 Å². The molecule has 5 nitrogen and oxygen atoms in total. The molecule has 1 rings (SSSR count). The third kappa shape index (κ3) is 1.40. The smallest absolute Gasteiger partial charge is 0.0613 e. The molecule has 1 saturated carbocycles. The van der Waals surface area contributed by atoms with Crippen LogP contribution in [0.3, 0.4) is 0 Å². The summed E-state index contributed by atoms with van der Waals surface area (Å²) < 4.78 is 0. The van der Waals surface area contributed by atoms with Crippen LogP contribution in [0.15, 0.2) is 0 Å². The molecule has 1 aliphatic carbocycles. The first-order valence-corrected chi connectivity index (χ1v) is 3.67. The van der Waals surface area contributed by atoms with Crippen LogP contribution in [0.2, 0.25) is 0 Å². The van der Waals surface area contributed by atoms with E-state index in [9.17, 15) is 19.8 Å². The van der Waals surface area contributed by atoms with E-state index in [1.165, 1.54) is 0 Å². The lowest BCUT2D eigenvalue weighted by atomic mass is 9.98. The fourth-order valence-electron chi connectivity index (χ4n) is 1.46. The summed E-state index contributed by atoms with van der Waals surface area (Å²) >= 11 is 0. The van der Waals surface area contributed by atoms with Gasteiger partial charge in [-0.3, -0.25) is 0 Å². The second-order valence-electron chi connectivity index (χ2n) is 3.20. The van der Waals surface area contributed by atoms with Crippen LogP contribution in [0.4, 0.5) is 0 Å². The Morgan fingerprint density at radius 1 is 1.42 bits per heavy atom. The molecule has 0 heterocycles. The number of carbonyl (C=O) groups is 2. The molecular weight excluding hydrogens is 162 g/mol. The van der Waals surface area contributed by atoms with Crippen LogP contribution in [-0.2, 0) is 9.59 Å². The summed E-state index contributed by atoms with van der Waals surface area (Å²) in [5, 5.41) is 20.8. The summed E-state index contributed by atoms with van der Waals surface area (Å²) in [5.41, 5.74) is 3.91. The van der Waals surface area contributed by atoms with Crippen molar-refractivity contribution in [1.82, 2.24) is 0 Å². The molecule has 68 valence electrons. The van der Waals surface area contributed by atoms with Gasteiger partial charge in [0.2, 0.25) is 0 Å².